The normalized spacial score (nSPS) is 24.8. The minimum absolute atomic E-state index is 0.849. The third-order valence-corrected chi connectivity index (χ3v) is 9.37. The Morgan fingerprint density at radius 3 is 1.21 bits per heavy atom. The highest BCUT2D eigenvalue weighted by Crippen LogP contribution is 2.38. The zero-order valence-electron chi connectivity index (χ0n) is 12.6. The lowest BCUT2D eigenvalue weighted by Gasteiger charge is -2.29. The zero-order chi connectivity index (χ0) is 13.3. The Kier molecular flexibility index (Phi) is 7.54. The second-order valence-electron chi connectivity index (χ2n) is 6.92. The van der Waals surface area contributed by atoms with Crippen molar-refractivity contribution in [3.05, 3.63) is 0 Å². The van der Waals surface area contributed by atoms with Crippen LogP contribution in [0, 0.1) is 0 Å². The van der Waals surface area contributed by atoms with Gasteiger partial charge >= 0.3 is 14.1 Å². The van der Waals surface area contributed by atoms with E-state index in [1.807, 2.05) is 0 Å². The van der Waals surface area contributed by atoms with Crippen LogP contribution in [0.4, 0.5) is 0 Å². The predicted octanol–water partition coefficient (Wildman–Crippen LogP) is 5.48. The first-order chi connectivity index (χ1) is 9.42. The Balaban J connectivity index is 1.92. The highest BCUT2D eigenvalue weighted by Gasteiger charge is 2.35. The SMILES string of the molecule is O=[CH][Al]([CH]1CCCCCCC1)[CH]1CCCCCCC1. The third kappa shape index (κ3) is 5.24. The van der Waals surface area contributed by atoms with Gasteiger partial charge in [-0.25, -0.2) is 0 Å². The van der Waals surface area contributed by atoms with Gasteiger partial charge < -0.3 is 4.79 Å². The highest BCUT2D eigenvalue weighted by atomic mass is 27.2. The fraction of sp³-hybridized carbons (Fsp3) is 0.941. The van der Waals surface area contributed by atoms with Gasteiger partial charge in [0.05, 0.1) is 0 Å². The first kappa shape index (κ1) is 15.6. The van der Waals surface area contributed by atoms with Gasteiger partial charge in [0, 0.05) is 5.15 Å². The van der Waals surface area contributed by atoms with E-state index in [4.69, 9.17) is 0 Å². The number of hydrogen-bond donors (Lipinski definition) is 0. The molecule has 2 saturated carbocycles. The Labute approximate surface area is 123 Å². The summed E-state index contributed by atoms with van der Waals surface area (Å²) in [5.41, 5.74) is 0. The van der Waals surface area contributed by atoms with Crippen molar-refractivity contribution in [1.82, 2.24) is 0 Å². The summed E-state index contributed by atoms with van der Waals surface area (Å²) in [6.07, 6.45) is 19.7. The maximum absolute atomic E-state index is 11.8. The summed E-state index contributed by atoms with van der Waals surface area (Å²) in [7, 11) is 0. The van der Waals surface area contributed by atoms with E-state index < -0.39 is 14.1 Å². The quantitative estimate of drug-likeness (QED) is 0.493. The van der Waals surface area contributed by atoms with Crippen molar-refractivity contribution < 1.29 is 4.79 Å². The molecule has 2 aliphatic carbocycles. The summed E-state index contributed by atoms with van der Waals surface area (Å²) in [5.74, 6) is 0. The van der Waals surface area contributed by atoms with Crippen molar-refractivity contribution in [3.8, 4) is 0 Å². The van der Waals surface area contributed by atoms with Crippen molar-refractivity contribution >= 4 is 19.3 Å². The van der Waals surface area contributed by atoms with Crippen LogP contribution in [0.3, 0.4) is 0 Å². The van der Waals surface area contributed by atoms with Crippen LogP contribution in [0.2, 0.25) is 9.56 Å². The molecule has 19 heavy (non-hydrogen) atoms. The van der Waals surface area contributed by atoms with E-state index in [1.165, 1.54) is 95.0 Å². The zero-order valence-corrected chi connectivity index (χ0v) is 13.8. The summed E-state index contributed by atoms with van der Waals surface area (Å²) < 4.78 is 1.70. The number of carbonyl (C=O) groups is 1. The molecule has 0 radical (unpaired) electrons. The second-order valence-corrected chi connectivity index (χ2v) is 10.2. The molecule has 0 N–H and O–H groups in total. The minimum atomic E-state index is -1.15. The molecule has 2 heteroatoms. The topological polar surface area (TPSA) is 17.1 Å². The maximum Gasteiger partial charge on any atom is 0.366 e. The van der Waals surface area contributed by atoms with E-state index in [9.17, 15) is 4.79 Å². The van der Waals surface area contributed by atoms with E-state index in [-0.39, 0.29) is 0 Å². The molecule has 108 valence electrons. The van der Waals surface area contributed by atoms with Crippen LogP contribution in [-0.4, -0.2) is 19.3 Å². The van der Waals surface area contributed by atoms with Gasteiger partial charge in [-0.3, -0.25) is 0 Å². The van der Waals surface area contributed by atoms with Crippen LogP contribution < -0.4 is 0 Å². The van der Waals surface area contributed by atoms with Gasteiger partial charge in [-0.15, -0.1) is 0 Å². The molecule has 2 aliphatic rings. The lowest BCUT2D eigenvalue weighted by Crippen LogP contribution is -2.30. The predicted molar refractivity (Wildman–Crippen MR) is 84.6 cm³/mol. The Bertz CT molecular complexity index is 216. The van der Waals surface area contributed by atoms with Crippen molar-refractivity contribution in [2.45, 2.75) is 99.5 Å². The standard InChI is InChI=1S/2C8H15.CHO.Al/c2*1-2-4-6-8-7-5-3-1;1-2;/h2*1H,2-8H2;1H;. The Morgan fingerprint density at radius 2 is 0.895 bits per heavy atom. The van der Waals surface area contributed by atoms with Crippen LogP contribution in [-0.2, 0) is 4.79 Å². The molecule has 0 atom stereocenters. The molecule has 0 heterocycles. The fourth-order valence-electron chi connectivity index (χ4n) is 4.35. The van der Waals surface area contributed by atoms with Crippen molar-refractivity contribution in [2.24, 2.45) is 0 Å². The largest absolute Gasteiger partial charge is 0.366 e. The van der Waals surface area contributed by atoms with Gasteiger partial charge in [0.2, 0.25) is 0 Å². The summed E-state index contributed by atoms with van der Waals surface area (Å²) >= 11 is -1.15. The van der Waals surface area contributed by atoms with E-state index >= 15 is 0 Å². The van der Waals surface area contributed by atoms with E-state index in [1.54, 1.807) is 0 Å². The van der Waals surface area contributed by atoms with Crippen molar-refractivity contribution in [2.75, 3.05) is 0 Å². The Hall–Kier alpha value is 0.202. The lowest BCUT2D eigenvalue weighted by atomic mass is 10.00. The van der Waals surface area contributed by atoms with E-state index in [0.29, 0.717) is 0 Å². The summed E-state index contributed by atoms with van der Waals surface area (Å²) in [6, 6.07) is 0. The molecule has 0 aliphatic heterocycles. The highest BCUT2D eigenvalue weighted by molar-refractivity contribution is 6.86. The van der Waals surface area contributed by atoms with E-state index in [0.717, 1.165) is 9.56 Å². The summed E-state index contributed by atoms with van der Waals surface area (Å²) in [6.45, 7) is 0. The van der Waals surface area contributed by atoms with E-state index in [2.05, 4.69) is 0 Å². The molecule has 2 rings (SSSR count). The third-order valence-electron chi connectivity index (χ3n) is 5.55. The molecule has 0 aromatic rings. The monoisotopic (exact) mass is 278 g/mol. The second kappa shape index (κ2) is 9.20. The van der Waals surface area contributed by atoms with Crippen molar-refractivity contribution in [3.63, 3.8) is 0 Å². The van der Waals surface area contributed by atoms with Crippen LogP contribution in [0.5, 0.6) is 0 Å². The van der Waals surface area contributed by atoms with Crippen molar-refractivity contribution in [1.29, 1.82) is 0 Å². The molecule has 0 saturated heterocycles. The molecular weight excluding hydrogens is 247 g/mol. The van der Waals surface area contributed by atoms with Gasteiger partial charge in [-0.2, -0.15) is 0 Å². The first-order valence-corrected chi connectivity index (χ1v) is 10.9. The average molecular weight is 278 g/mol. The summed E-state index contributed by atoms with van der Waals surface area (Å²) in [5, 5.41) is 1.48. The minimum Gasteiger partial charge on any atom is -0.324 e. The molecule has 0 aromatic carbocycles. The Morgan fingerprint density at radius 1 is 0.579 bits per heavy atom. The molecule has 0 unspecified atom stereocenters. The van der Waals surface area contributed by atoms with Crippen LogP contribution in [0.25, 0.3) is 0 Å². The average Bonchev–Trinajstić information content (AvgIpc) is 2.34. The van der Waals surface area contributed by atoms with Crippen LogP contribution in [0.15, 0.2) is 0 Å². The number of hydrogen-bond acceptors (Lipinski definition) is 1. The van der Waals surface area contributed by atoms with Gasteiger partial charge in [-0.05, 0) is 0 Å². The maximum atomic E-state index is 11.8. The van der Waals surface area contributed by atoms with Gasteiger partial charge in [0.25, 0.3) is 0 Å². The van der Waals surface area contributed by atoms with Crippen LogP contribution >= 0.6 is 0 Å². The lowest BCUT2D eigenvalue weighted by molar-refractivity contribution is 0.472. The first-order valence-electron chi connectivity index (χ1n) is 8.87. The molecule has 0 bridgehead atoms. The fourth-order valence-corrected chi connectivity index (χ4v) is 8.05. The molecule has 2 fully saturated rings. The smallest absolute Gasteiger partial charge is 0.324 e. The molecule has 0 aromatic heterocycles. The van der Waals surface area contributed by atoms with Gasteiger partial charge in [0.15, 0.2) is 0 Å². The number of carbonyl (C=O) groups excluding carboxylic acids is 1. The van der Waals surface area contributed by atoms with Gasteiger partial charge in [-0.1, -0.05) is 99.5 Å². The summed E-state index contributed by atoms with van der Waals surface area (Å²) in [4.78, 5) is 11.8. The molecular formula is C17H31AlO. The number of rotatable bonds is 3. The van der Waals surface area contributed by atoms with Gasteiger partial charge in [0.1, 0.15) is 0 Å². The van der Waals surface area contributed by atoms with Crippen LogP contribution in [0.1, 0.15) is 89.9 Å². The molecule has 1 nitrogen and oxygen atoms in total. The molecule has 0 amide bonds. The molecule has 0 spiro atoms.